The van der Waals surface area contributed by atoms with Gasteiger partial charge in [0.2, 0.25) is 5.91 Å². The first-order chi connectivity index (χ1) is 8.85. The number of alkyl halides is 4. The largest absolute Gasteiger partial charge is 0.383 e. The first-order valence-corrected chi connectivity index (χ1v) is 5.65. The molecule has 0 aromatic heterocycles. The molecule has 1 N–H and O–H groups in total. The molecule has 1 aliphatic rings. The van der Waals surface area contributed by atoms with Gasteiger partial charge in [-0.2, -0.15) is 8.78 Å². The van der Waals surface area contributed by atoms with Crippen molar-refractivity contribution in [1.29, 1.82) is 0 Å². The molecule has 1 fully saturated rings. The van der Waals surface area contributed by atoms with Gasteiger partial charge in [-0.05, 0) is 0 Å². The van der Waals surface area contributed by atoms with Crippen molar-refractivity contribution < 1.29 is 31.9 Å². The summed E-state index contributed by atoms with van der Waals surface area (Å²) in [6.07, 6.45) is -4.28. The van der Waals surface area contributed by atoms with Crippen molar-refractivity contribution in [2.75, 3.05) is 32.8 Å². The molecule has 1 aliphatic heterocycles. The minimum absolute atomic E-state index is 0.217. The van der Waals surface area contributed by atoms with Crippen LogP contribution in [0, 0.1) is 0 Å². The van der Waals surface area contributed by atoms with Gasteiger partial charge in [0.25, 0.3) is 5.91 Å². The van der Waals surface area contributed by atoms with E-state index >= 15 is 0 Å². The SMILES string of the molecule is O=C(CCNC(=O)C(F)(F)C(F)F)N1CCOCC1. The van der Waals surface area contributed by atoms with E-state index in [0.717, 1.165) is 0 Å². The van der Waals surface area contributed by atoms with Crippen molar-refractivity contribution >= 4 is 11.8 Å². The van der Waals surface area contributed by atoms with E-state index in [4.69, 9.17) is 4.74 Å². The number of hydrogen-bond acceptors (Lipinski definition) is 3. The number of rotatable bonds is 5. The Balaban J connectivity index is 2.30. The van der Waals surface area contributed by atoms with Crippen LogP contribution in [0.15, 0.2) is 0 Å². The zero-order valence-electron chi connectivity index (χ0n) is 10.0. The molecule has 0 aliphatic carbocycles. The van der Waals surface area contributed by atoms with E-state index in [1.54, 1.807) is 5.32 Å². The van der Waals surface area contributed by atoms with Gasteiger partial charge in [0, 0.05) is 26.1 Å². The Morgan fingerprint density at radius 1 is 1.26 bits per heavy atom. The number of amides is 2. The van der Waals surface area contributed by atoms with Crippen LogP contribution in [0.1, 0.15) is 6.42 Å². The van der Waals surface area contributed by atoms with Crippen LogP contribution in [0.4, 0.5) is 17.6 Å². The number of carbonyl (C=O) groups is 2. The first-order valence-electron chi connectivity index (χ1n) is 5.65. The fourth-order valence-corrected chi connectivity index (χ4v) is 1.47. The van der Waals surface area contributed by atoms with Crippen molar-refractivity contribution in [3.05, 3.63) is 0 Å². The van der Waals surface area contributed by atoms with E-state index in [9.17, 15) is 27.2 Å². The van der Waals surface area contributed by atoms with Crippen molar-refractivity contribution in [1.82, 2.24) is 10.2 Å². The molecule has 0 unspecified atom stereocenters. The number of ether oxygens (including phenoxy) is 1. The van der Waals surface area contributed by atoms with Crippen LogP contribution in [0.3, 0.4) is 0 Å². The quantitative estimate of drug-likeness (QED) is 0.737. The number of morpholine rings is 1. The average molecular weight is 286 g/mol. The van der Waals surface area contributed by atoms with Crippen LogP contribution >= 0.6 is 0 Å². The molecule has 0 aromatic carbocycles. The van der Waals surface area contributed by atoms with Gasteiger partial charge in [0.05, 0.1) is 13.2 Å². The van der Waals surface area contributed by atoms with E-state index in [2.05, 4.69) is 0 Å². The molecule has 5 nitrogen and oxygen atoms in total. The molecular weight excluding hydrogens is 272 g/mol. The summed E-state index contributed by atoms with van der Waals surface area (Å²) < 4.78 is 53.8. The summed E-state index contributed by atoms with van der Waals surface area (Å²) >= 11 is 0. The van der Waals surface area contributed by atoms with Crippen molar-refractivity contribution in [3.8, 4) is 0 Å². The number of nitrogens with one attached hydrogen (secondary N) is 1. The minimum Gasteiger partial charge on any atom is -0.378 e. The predicted molar refractivity (Wildman–Crippen MR) is 56.0 cm³/mol. The molecule has 0 aromatic rings. The Hall–Kier alpha value is -1.38. The standard InChI is InChI=1S/C10H14F4N2O3/c11-8(12)10(13,14)9(18)15-2-1-7(17)16-3-5-19-6-4-16/h8H,1-6H2,(H,15,18). The number of nitrogens with zero attached hydrogens (tertiary/aromatic N) is 1. The third-order valence-corrected chi connectivity index (χ3v) is 2.57. The Morgan fingerprint density at radius 3 is 2.37 bits per heavy atom. The fourth-order valence-electron chi connectivity index (χ4n) is 1.47. The number of carbonyl (C=O) groups excluding carboxylic acids is 2. The lowest BCUT2D eigenvalue weighted by Gasteiger charge is -2.27. The second kappa shape index (κ2) is 6.69. The number of hydrogen-bond donors (Lipinski definition) is 1. The molecule has 0 radical (unpaired) electrons. The molecule has 2 amide bonds. The summed E-state index contributed by atoms with van der Waals surface area (Å²) in [6.45, 7) is 1.15. The zero-order valence-corrected chi connectivity index (χ0v) is 10.0. The maximum atomic E-state index is 12.5. The van der Waals surface area contributed by atoms with E-state index in [1.165, 1.54) is 4.90 Å². The van der Waals surface area contributed by atoms with Crippen LogP contribution in [-0.2, 0) is 14.3 Å². The molecule has 19 heavy (non-hydrogen) atoms. The molecule has 1 heterocycles. The van der Waals surface area contributed by atoms with E-state index < -0.39 is 24.8 Å². The monoisotopic (exact) mass is 286 g/mol. The molecule has 9 heteroatoms. The minimum atomic E-state index is -4.73. The summed E-state index contributed by atoms with van der Waals surface area (Å²) in [4.78, 5) is 23.8. The van der Waals surface area contributed by atoms with Gasteiger partial charge >= 0.3 is 12.3 Å². The van der Waals surface area contributed by atoms with E-state index in [1.807, 2.05) is 0 Å². The number of halogens is 4. The fraction of sp³-hybridized carbons (Fsp3) is 0.800. The Labute approximate surface area is 106 Å². The molecule has 0 bridgehead atoms. The van der Waals surface area contributed by atoms with Gasteiger partial charge in [-0.25, -0.2) is 8.78 Å². The highest BCUT2D eigenvalue weighted by Gasteiger charge is 2.48. The van der Waals surface area contributed by atoms with Crippen LogP contribution < -0.4 is 5.32 Å². The summed E-state index contributed by atoms with van der Waals surface area (Å²) in [5.41, 5.74) is 0. The molecule has 0 saturated carbocycles. The Kier molecular flexibility index (Phi) is 5.52. The van der Waals surface area contributed by atoms with Gasteiger partial charge in [-0.3, -0.25) is 9.59 Å². The van der Waals surface area contributed by atoms with Crippen LogP contribution in [0.2, 0.25) is 0 Å². The second-order valence-corrected chi connectivity index (χ2v) is 3.92. The van der Waals surface area contributed by atoms with E-state index in [-0.39, 0.29) is 12.3 Å². The Morgan fingerprint density at radius 2 is 1.84 bits per heavy atom. The lowest BCUT2D eigenvalue weighted by Crippen LogP contribution is -2.47. The maximum Gasteiger partial charge on any atom is 0.383 e. The highest BCUT2D eigenvalue weighted by atomic mass is 19.3. The van der Waals surface area contributed by atoms with Gasteiger partial charge in [-0.15, -0.1) is 0 Å². The van der Waals surface area contributed by atoms with Crippen LogP contribution in [0.5, 0.6) is 0 Å². The van der Waals surface area contributed by atoms with Crippen LogP contribution in [0.25, 0.3) is 0 Å². The lowest BCUT2D eigenvalue weighted by molar-refractivity contribution is -0.169. The van der Waals surface area contributed by atoms with Gasteiger partial charge in [0.1, 0.15) is 0 Å². The summed E-state index contributed by atoms with van der Waals surface area (Å²) in [7, 11) is 0. The summed E-state index contributed by atoms with van der Waals surface area (Å²) in [6, 6.07) is 0. The Bertz CT molecular complexity index is 333. The average Bonchev–Trinajstić information content (AvgIpc) is 2.39. The predicted octanol–water partition coefficient (Wildman–Crippen LogP) is 0.252. The first kappa shape index (κ1) is 15.7. The van der Waals surface area contributed by atoms with Crippen molar-refractivity contribution in [2.45, 2.75) is 18.8 Å². The molecule has 0 spiro atoms. The van der Waals surface area contributed by atoms with Gasteiger partial charge in [-0.1, -0.05) is 0 Å². The highest BCUT2D eigenvalue weighted by molar-refractivity contribution is 5.84. The maximum absolute atomic E-state index is 12.5. The second-order valence-electron chi connectivity index (χ2n) is 3.92. The van der Waals surface area contributed by atoms with E-state index in [0.29, 0.717) is 26.3 Å². The highest BCUT2D eigenvalue weighted by Crippen LogP contribution is 2.22. The summed E-state index contributed by atoms with van der Waals surface area (Å²) in [5.74, 6) is -7.15. The normalized spacial score (nSPS) is 16.6. The molecule has 0 atom stereocenters. The van der Waals surface area contributed by atoms with Gasteiger partial charge < -0.3 is 15.0 Å². The van der Waals surface area contributed by atoms with Gasteiger partial charge in [0.15, 0.2) is 0 Å². The summed E-state index contributed by atoms with van der Waals surface area (Å²) in [5, 5.41) is 1.63. The third kappa shape index (κ3) is 4.34. The van der Waals surface area contributed by atoms with Crippen molar-refractivity contribution in [2.24, 2.45) is 0 Å². The molecule has 1 saturated heterocycles. The zero-order chi connectivity index (χ0) is 14.5. The topological polar surface area (TPSA) is 58.6 Å². The smallest absolute Gasteiger partial charge is 0.378 e. The van der Waals surface area contributed by atoms with Crippen molar-refractivity contribution in [3.63, 3.8) is 0 Å². The third-order valence-electron chi connectivity index (χ3n) is 2.57. The molecule has 1 rings (SSSR count). The van der Waals surface area contributed by atoms with Crippen LogP contribution in [-0.4, -0.2) is 61.9 Å². The molecular formula is C10H14F4N2O3. The molecule has 110 valence electrons. The lowest BCUT2D eigenvalue weighted by atomic mass is 10.3.